The number of fused-ring (bicyclic) bond motifs is 1. The van der Waals surface area contributed by atoms with Gasteiger partial charge in [-0.25, -0.2) is 4.98 Å². The Morgan fingerprint density at radius 1 is 0.963 bits per heavy atom. The average Bonchev–Trinajstić information content (AvgIpc) is 3.10. The molecule has 4 heteroatoms. The van der Waals surface area contributed by atoms with Crippen LogP contribution in [0.4, 0.5) is 0 Å². The minimum Gasteiger partial charge on any atom is -0.386 e. The number of hydrogen-bond donors (Lipinski definition) is 1. The van der Waals surface area contributed by atoms with Gasteiger partial charge in [-0.3, -0.25) is 4.57 Å². The van der Waals surface area contributed by atoms with Crippen molar-refractivity contribution >= 4 is 11.0 Å². The van der Waals surface area contributed by atoms with Crippen molar-refractivity contribution in [1.82, 2.24) is 9.55 Å². The predicted octanol–water partition coefficient (Wildman–Crippen LogP) is 4.79. The molecule has 0 aliphatic rings. The number of nitriles is 1. The second-order valence-corrected chi connectivity index (χ2v) is 7.05. The summed E-state index contributed by atoms with van der Waals surface area (Å²) in [5.74, 6) is 0. The molecule has 0 radical (unpaired) electrons. The summed E-state index contributed by atoms with van der Waals surface area (Å²) in [6.07, 6.45) is 1.78. The van der Waals surface area contributed by atoms with Crippen molar-refractivity contribution in [2.75, 3.05) is 0 Å². The van der Waals surface area contributed by atoms with Gasteiger partial charge in [-0.05, 0) is 43.7 Å². The van der Waals surface area contributed by atoms with Crippen molar-refractivity contribution in [2.24, 2.45) is 0 Å². The van der Waals surface area contributed by atoms with Crippen LogP contribution in [0.2, 0.25) is 0 Å². The number of aliphatic hydroxyl groups is 1. The van der Waals surface area contributed by atoms with Gasteiger partial charge < -0.3 is 5.11 Å². The monoisotopic (exact) mass is 353 g/mol. The predicted molar refractivity (Wildman–Crippen MR) is 106 cm³/mol. The number of hydrogen-bond acceptors (Lipinski definition) is 3. The molecule has 0 fully saturated rings. The van der Waals surface area contributed by atoms with Crippen molar-refractivity contribution < 1.29 is 5.11 Å². The molecular formula is C23H19N3O. The molecule has 0 aliphatic heterocycles. The Hall–Kier alpha value is -3.42. The van der Waals surface area contributed by atoms with Crippen LogP contribution in [0.5, 0.6) is 0 Å². The van der Waals surface area contributed by atoms with Gasteiger partial charge in [0.05, 0.1) is 34.0 Å². The molecule has 0 amide bonds. The first-order chi connectivity index (χ1) is 13.0. The second kappa shape index (κ2) is 6.39. The Labute approximate surface area is 158 Å². The van der Waals surface area contributed by atoms with Crippen LogP contribution in [-0.4, -0.2) is 14.7 Å². The van der Waals surface area contributed by atoms with E-state index in [0.29, 0.717) is 5.56 Å². The van der Waals surface area contributed by atoms with Gasteiger partial charge in [0.1, 0.15) is 6.33 Å². The van der Waals surface area contributed by atoms with Crippen LogP contribution in [0.3, 0.4) is 0 Å². The number of benzene rings is 3. The lowest BCUT2D eigenvalue weighted by atomic mass is 9.97. The van der Waals surface area contributed by atoms with E-state index in [-0.39, 0.29) is 0 Å². The van der Waals surface area contributed by atoms with Crippen LogP contribution in [0, 0.1) is 11.3 Å². The minimum absolute atomic E-state index is 0.638. The summed E-state index contributed by atoms with van der Waals surface area (Å²) in [6, 6.07) is 23.7. The van der Waals surface area contributed by atoms with Gasteiger partial charge in [0.2, 0.25) is 0 Å². The molecule has 4 rings (SSSR count). The zero-order valence-corrected chi connectivity index (χ0v) is 15.2. The highest BCUT2D eigenvalue weighted by Crippen LogP contribution is 2.32. The van der Waals surface area contributed by atoms with Gasteiger partial charge in [0.15, 0.2) is 0 Å². The van der Waals surface area contributed by atoms with Crippen LogP contribution in [0.15, 0.2) is 73.1 Å². The quantitative estimate of drug-likeness (QED) is 0.576. The summed E-state index contributed by atoms with van der Waals surface area (Å²) in [6.45, 7) is 3.53. The number of aromatic nitrogens is 2. The molecular weight excluding hydrogens is 334 g/mol. The van der Waals surface area contributed by atoms with Crippen LogP contribution in [0.25, 0.3) is 27.8 Å². The summed E-state index contributed by atoms with van der Waals surface area (Å²) in [5.41, 5.74) is 5.14. The molecule has 0 aliphatic carbocycles. The molecule has 1 aromatic heterocycles. The maximum absolute atomic E-state index is 10.3. The smallest absolute Gasteiger partial charge is 0.100 e. The van der Waals surface area contributed by atoms with Crippen molar-refractivity contribution in [2.45, 2.75) is 19.4 Å². The lowest BCUT2D eigenvalue weighted by Crippen LogP contribution is -2.15. The maximum atomic E-state index is 10.3. The van der Waals surface area contributed by atoms with Gasteiger partial charge >= 0.3 is 0 Å². The van der Waals surface area contributed by atoms with E-state index in [9.17, 15) is 10.4 Å². The van der Waals surface area contributed by atoms with Crippen molar-refractivity contribution in [1.29, 1.82) is 5.26 Å². The summed E-state index contributed by atoms with van der Waals surface area (Å²) in [4.78, 5) is 4.53. The molecule has 132 valence electrons. The van der Waals surface area contributed by atoms with E-state index in [2.05, 4.69) is 11.1 Å². The number of nitrogens with zero attached hydrogens (tertiary/aromatic N) is 3. The summed E-state index contributed by atoms with van der Waals surface area (Å²) >= 11 is 0. The molecule has 4 aromatic rings. The largest absolute Gasteiger partial charge is 0.386 e. The third-order valence-corrected chi connectivity index (χ3v) is 4.75. The van der Waals surface area contributed by atoms with E-state index < -0.39 is 5.60 Å². The number of imidazole rings is 1. The summed E-state index contributed by atoms with van der Waals surface area (Å²) in [7, 11) is 0. The van der Waals surface area contributed by atoms with E-state index >= 15 is 0 Å². The fourth-order valence-electron chi connectivity index (χ4n) is 3.31. The lowest BCUT2D eigenvalue weighted by Gasteiger charge is -2.18. The van der Waals surface area contributed by atoms with Gasteiger partial charge in [-0.1, -0.05) is 42.5 Å². The molecule has 0 spiro atoms. The third-order valence-electron chi connectivity index (χ3n) is 4.75. The molecule has 4 nitrogen and oxygen atoms in total. The zero-order valence-electron chi connectivity index (χ0n) is 15.2. The molecule has 0 saturated carbocycles. The first-order valence-electron chi connectivity index (χ1n) is 8.78. The number of rotatable bonds is 3. The normalized spacial score (nSPS) is 11.5. The fourth-order valence-corrected chi connectivity index (χ4v) is 3.31. The molecule has 0 saturated heterocycles. The maximum Gasteiger partial charge on any atom is 0.100 e. The van der Waals surface area contributed by atoms with Crippen LogP contribution < -0.4 is 0 Å². The average molecular weight is 353 g/mol. The highest BCUT2D eigenvalue weighted by molar-refractivity contribution is 5.83. The molecule has 0 unspecified atom stereocenters. The molecule has 3 aromatic carbocycles. The van der Waals surface area contributed by atoms with Crippen LogP contribution >= 0.6 is 0 Å². The summed E-state index contributed by atoms with van der Waals surface area (Å²) < 4.78 is 2.02. The topological polar surface area (TPSA) is 61.8 Å². The SMILES string of the molecule is CC(C)(O)c1ccc2c(c1)ncn2-c1ccccc1-c1ccccc1C#N. The fraction of sp³-hybridized carbons (Fsp3) is 0.130. The highest BCUT2D eigenvalue weighted by atomic mass is 16.3. The van der Waals surface area contributed by atoms with Gasteiger partial charge in [-0.15, -0.1) is 0 Å². The van der Waals surface area contributed by atoms with Crippen LogP contribution in [0.1, 0.15) is 25.0 Å². The minimum atomic E-state index is -0.915. The van der Waals surface area contributed by atoms with Gasteiger partial charge in [-0.2, -0.15) is 5.26 Å². The Kier molecular flexibility index (Phi) is 4.02. The molecule has 27 heavy (non-hydrogen) atoms. The second-order valence-electron chi connectivity index (χ2n) is 7.05. The highest BCUT2D eigenvalue weighted by Gasteiger charge is 2.18. The van der Waals surface area contributed by atoms with Crippen molar-refractivity contribution in [3.05, 3.63) is 84.2 Å². The number of para-hydroxylation sites is 1. The lowest BCUT2D eigenvalue weighted by molar-refractivity contribution is 0.0787. The Bertz CT molecular complexity index is 1180. The standard InChI is InChI=1S/C23H19N3O/c1-23(2,27)17-11-12-22-20(13-17)25-15-26(22)21-10-6-5-9-19(21)18-8-4-3-7-16(18)14-24/h3-13,15,27H,1-2H3. The van der Waals surface area contributed by atoms with Crippen molar-refractivity contribution in [3.8, 4) is 22.9 Å². The zero-order chi connectivity index (χ0) is 19.0. The van der Waals surface area contributed by atoms with E-state index in [1.807, 2.05) is 71.3 Å². The van der Waals surface area contributed by atoms with Crippen molar-refractivity contribution in [3.63, 3.8) is 0 Å². The third kappa shape index (κ3) is 2.99. The molecule has 0 bridgehead atoms. The molecule has 1 N–H and O–H groups in total. The Balaban J connectivity index is 1.92. The first kappa shape index (κ1) is 17.0. The Morgan fingerprint density at radius 3 is 2.41 bits per heavy atom. The first-order valence-corrected chi connectivity index (χ1v) is 8.78. The molecule has 1 heterocycles. The van der Waals surface area contributed by atoms with E-state index in [4.69, 9.17) is 0 Å². The van der Waals surface area contributed by atoms with Gasteiger partial charge in [0, 0.05) is 11.1 Å². The Morgan fingerprint density at radius 2 is 1.67 bits per heavy atom. The van der Waals surface area contributed by atoms with Gasteiger partial charge in [0.25, 0.3) is 0 Å². The van der Waals surface area contributed by atoms with E-state index in [1.165, 1.54) is 0 Å². The van der Waals surface area contributed by atoms with E-state index in [0.717, 1.165) is 33.4 Å². The summed E-state index contributed by atoms with van der Waals surface area (Å²) in [5, 5.41) is 19.7. The molecule has 0 atom stereocenters. The van der Waals surface area contributed by atoms with E-state index in [1.54, 1.807) is 20.2 Å². The van der Waals surface area contributed by atoms with Crippen LogP contribution in [-0.2, 0) is 5.60 Å².